The lowest BCUT2D eigenvalue weighted by Crippen LogP contribution is -2.47. The van der Waals surface area contributed by atoms with E-state index in [1.54, 1.807) is 6.07 Å². The van der Waals surface area contributed by atoms with E-state index in [9.17, 15) is 4.79 Å². The zero-order chi connectivity index (χ0) is 16.1. The molecule has 2 N–H and O–H groups in total. The second kappa shape index (κ2) is 7.29. The van der Waals surface area contributed by atoms with Crippen LogP contribution in [-0.2, 0) is 0 Å². The molecule has 1 atom stereocenters. The normalized spacial score (nSPS) is 17.8. The van der Waals surface area contributed by atoms with Gasteiger partial charge in [-0.1, -0.05) is 24.3 Å². The van der Waals surface area contributed by atoms with Gasteiger partial charge in [0.2, 0.25) is 0 Å². The van der Waals surface area contributed by atoms with Gasteiger partial charge in [0.1, 0.15) is 11.5 Å². The molecule has 1 amide bonds. The van der Waals surface area contributed by atoms with Crippen LogP contribution in [0.1, 0.15) is 29.6 Å². The molecule has 2 aromatic rings. The zero-order valence-electron chi connectivity index (χ0n) is 13.2. The minimum atomic E-state index is 0.0404. The number of hydrogen-bond acceptors (Lipinski definition) is 3. The summed E-state index contributed by atoms with van der Waals surface area (Å²) in [6, 6.07) is 17.1. The molecule has 3 rings (SSSR count). The van der Waals surface area contributed by atoms with Gasteiger partial charge in [-0.2, -0.15) is 0 Å². The fraction of sp³-hybridized carbons (Fsp3) is 0.316. The molecule has 1 unspecified atom stereocenters. The number of piperidine rings is 1. The topological polar surface area (TPSA) is 55.6 Å². The maximum absolute atomic E-state index is 12.8. The predicted octanol–water partition coefficient (Wildman–Crippen LogP) is 3.43. The number of nitrogens with two attached hydrogens (primary N) is 1. The number of likely N-dealkylation sites (tertiary alicyclic amines) is 1. The van der Waals surface area contributed by atoms with Crippen molar-refractivity contribution in [3.05, 3.63) is 60.2 Å². The summed E-state index contributed by atoms with van der Waals surface area (Å²) >= 11 is 0. The van der Waals surface area contributed by atoms with Crippen LogP contribution in [0.3, 0.4) is 0 Å². The molecule has 0 radical (unpaired) electrons. The lowest BCUT2D eigenvalue weighted by molar-refractivity contribution is 0.0623. The third kappa shape index (κ3) is 3.71. The highest BCUT2D eigenvalue weighted by atomic mass is 16.5. The molecule has 1 fully saturated rings. The highest BCUT2D eigenvalue weighted by molar-refractivity contribution is 5.95. The van der Waals surface area contributed by atoms with Crippen molar-refractivity contribution in [1.82, 2.24) is 4.90 Å². The SMILES string of the molecule is NCC1CCCCN1C(=O)c1cccc(Oc2ccccc2)c1. The first-order valence-electron chi connectivity index (χ1n) is 8.12. The zero-order valence-corrected chi connectivity index (χ0v) is 13.2. The van der Waals surface area contributed by atoms with Gasteiger partial charge in [-0.3, -0.25) is 4.79 Å². The first-order chi connectivity index (χ1) is 11.3. The van der Waals surface area contributed by atoms with E-state index in [1.165, 1.54) is 0 Å². The standard InChI is InChI=1S/C19H22N2O2/c20-14-16-8-4-5-12-21(16)19(22)15-7-6-11-18(13-15)23-17-9-2-1-3-10-17/h1-3,6-7,9-11,13,16H,4-5,8,12,14,20H2. The van der Waals surface area contributed by atoms with Crippen molar-refractivity contribution in [2.75, 3.05) is 13.1 Å². The smallest absolute Gasteiger partial charge is 0.254 e. The summed E-state index contributed by atoms with van der Waals surface area (Å²) in [4.78, 5) is 14.7. The Hall–Kier alpha value is -2.33. The molecule has 4 nitrogen and oxygen atoms in total. The van der Waals surface area contributed by atoms with Crippen LogP contribution in [0.5, 0.6) is 11.5 Å². The van der Waals surface area contributed by atoms with Crippen LogP contribution in [0.25, 0.3) is 0 Å². The van der Waals surface area contributed by atoms with Crippen molar-refractivity contribution >= 4 is 5.91 Å². The Morgan fingerprint density at radius 2 is 1.87 bits per heavy atom. The number of carbonyl (C=O) groups is 1. The van der Waals surface area contributed by atoms with Gasteiger partial charge in [-0.15, -0.1) is 0 Å². The molecule has 0 aromatic heterocycles. The minimum Gasteiger partial charge on any atom is -0.457 e. The highest BCUT2D eigenvalue weighted by Gasteiger charge is 2.26. The van der Waals surface area contributed by atoms with E-state index < -0.39 is 0 Å². The fourth-order valence-electron chi connectivity index (χ4n) is 3.00. The van der Waals surface area contributed by atoms with E-state index in [4.69, 9.17) is 10.5 Å². The quantitative estimate of drug-likeness (QED) is 0.941. The summed E-state index contributed by atoms with van der Waals surface area (Å²) < 4.78 is 5.81. The fourth-order valence-corrected chi connectivity index (χ4v) is 3.00. The molecule has 0 saturated carbocycles. The van der Waals surface area contributed by atoms with Crippen LogP contribution < -0.4 is 10.5 Å². The van der Waals surface area contributed by atoms with Gasteiger partial charge in [0.25, 0.3) is 5.91 Å². The van der Waals surface area contributed by atoms with Crippen molar-refractivity contribution in [2.45, 2.75) is 25.3 Å². The number of carbonyl (C=O) groups excluding carboxylic acids is 1. The average Bonchev–Trinajstić information content (AvgIpc) is 2.62. The molecule has 23 heavy (non-hydrogen) atoms. The number of para-hydroxylation sites is 1. The summed E-state index contributed by atoms with van der Waals surface area (Å²) in [6.07, 6.45) is 3.17. The number of rotatable bonds is 4. The van der Waals surface area contributed by atoms with Gasteiger partial charge in [0, 0.05) is 24.7 Å². The Morgan fingerprint density at radius 3 is 2.65 bits per heavy atom. The molecule has 2 aromatic carbocycles. The van der Waals surface area contributed by atoms with Crippen LogP contribution in [0, 0.1) is 0 Å². The molecule has 1 saturated heterocycles. The van der Waals surface area contributed by atoms with Crippen molar-refractivity contribution in [2.24, 2.45) is 5.73 Å². The number of nitrogens with zero attached hydrogens (tertiary/aromatic N) is 1. The summed E-state index contributed by atoms with van der Waals surface area (Å²) in [5.41, 5.74) is 6.47. The molecular weight excluding hydrogens is 288 g/mol. The number of hydrogen-bond donors (Lipinski definition) is 1. The average molecular weight is 310 g/mol. The summed E-state index contributed by atoms with van der Waals surface area (Å²) in [6.45, 7) is 1.30. The highest BCUT2D eigenvalue weighted by Crippen LogP contribution is 2.24. The molecule has 120 valence electrons. The van der Waals surface area contributed by atoms with Crippen molar-refractivity contribution in [3.8, 4) is 11.5 Å². The lowest BCUT2D eigenvalue weighted by atomic mass is 10.0. The van der Waals surface area contributed by atoms with E-state index >= 15 is 0 Å². The monoisotopic (exact) mass is 310 g/mol. The summed E-state index contributed by atoms with van der Waals surface area (Å²) in [5.74, 6) is 1.47. The van der Waals surface area contributed by atoms with Crippen molar-refractivity contribution in [1.29, 1.82) is 0 Å². The molecule has 1 aliphatic rings. The summed E-state index contributed by atoms with van der Waals surface area (Å²) in [5, 5.41) is 0. The Balaban J connectivity index is 1.77. The first-order valence-corrected chi connectivity index (χ1v) is 8.12. The van der Waals surface area contributed by atoms with Gasteiger partial charge < -0.3 is 15.4 Å². The van der Waals surface area contributed by atoms with Gasteiger partial charge in [0.15, 0.2) is 0 Å². The minimum absolute atomic E-state index is 0.0404. The molecule has 0 aliphatic carbocycles. The largest absolute Gasteiger partial charge is 0.457 e. The molecular formula is C19H22N2O2. The number of ether oxygens (including phenoxy) is 1. The Bertz CT molecular complexity index is 657. The van der Waals surface area contributed by atoms with Crippen LogP contribution in [0.2, 0.25) is 0 Å². The summed E-state index contributed by atoms with van der Waals surface area (Å²) in [7, 11) is 0. The maximum Gasteiger partial charge on any atom is 0.254 e. The lowest BCUT2D eigenvalue weighted by Gasteiger charge is -2.35. The predicted molar refractivity (Wildman–Crippen MR) is 90.7 cm³/mol. The maximum atomic E-state index is 12.8. The van der Waals surface area contributed by atoms with E-state index in [0.29, 0.717) is 17.9 Å². The van der Waals surface area contributed by atoms with E-state index in [-0.39, 0.29) is 11.9 Å². The Morgan fingerprint density at radius 1 is 1.09 bits per heavy atom. The van der Waals surface area contributed by atoms with E-state index in [1.807, 2.05) is 53.4 Å². The van der Waals surface area contributed by atoms with Crippen LogP contribution in [0.15, 0.2) is 54.6 Å². The Kier molecular flexibility index (Phi) is 4.93. The van der Waals surface area contributed by atoms with Gasteiger partial charge in [-0.25, -0.2) is 0 Å². The van der Waals surface area contributed by atoms with Crippen LogP contribution in [0.4, 0.5) is 0 Å². The van der Waals surface area contributed by atoms with Gasteiger partial charge >= 0.3 is 0 Å². The molecule has 4 heteroatoms. The van der Waals surface area contributed by atoms with Crippen LogP contribution in [-0.4, -0.2) is 29.9 Å². The van der Waals surface area contributed by atoms with E-state index in [0.717, 1.165) is 31.6 Å². The molecule has 0 spiro atoms. The second-order valence-corrected chi connectivity index (χ2v) is 5.83. The molecule has 1 heterocycles. The second-order valence-electron chi connectivity index (χ2n) is 5.83. The molecule has 1 aliphatic heterocycles. The number of benzene rings is 2. The first kappa shape index (κ1) is 15.6. The molecule has 0 bridgehead atoms. The van der Waals surface area contributed by atoms with Gasteiger partial charge in [0.05, 0.1) is 0 Å². The van der Waals surface area contributed by atoms with E-state index in [2.05, 4.69) is 0 Å². The van der Waals surface area contributed by atoms with Gasteiger partial charge in [-0.05, 0) is 49.6 Å². The van der Waals surface area contributed by atoms with Crippen LogP contribution >= 0.6 is 0 Å². The number of amides is 1. The third-order valence-electron chi connectivity index (χ3n) is 4.22. The third-order valence-corrected chi connectivity index (χ3v) is 4.22. The Labute approximate surface area is 136 Å². The van der Waals surface area contributed by atoms with Crippen molar-refractivity contribution < 1.29 is 9.53 Å². The van der Waals surface area contributed by atoms with Crippen molar-refractivity contribution in [3.63, 3.8) is 0 Å².